The van der Waals surface area contributed by atoms with Crippen LogP contribution in [0.25, 0.3) is 0 Å². The molecule has 0 atom stereocenters. The van der Waals surface area contributed by atoms with Crippen molar-refractivity contribution in [3.8, 4) is 0 Å². The van der Waals surface area contributed by atoms with Crippen LogP contribution in [0.4, 0.5) is 11.4 Å². The molecule has 18 heavy (non-hydrogen) atoms. The molecule has 0 spiro atoms. The van der Waals surface area contributed by atoms with Crippen LogP contribution in [-0.2, 0) is 5.75 Å². The van der Waals surface area contributed by atoms with Crippen molar-refractivity contribution < 1.29 is 4.92 Å². The summed E-state index contributed by atoms with van der Waals surface area (Å²) in [4.78, 5) is 18.4. The van der Waals surface area contributed by atoms with Gasteiger partial charge < -0.3 is 5.73 Å². The average molecular weight is 262 g/mol. The lowest BCUT2D eigenvalue weighted by atomic mass is 10.2. The monoisotopic (exact) mass is 262 g/mol. The van der Waals surface area contributed by atoms with E-state index in [0.717, 1.165) is 5.56 Å². The first kappa shape index (κ1) is 12.3. The maximum atomic E-state index is 10.7. The molecule has 2 rings (SSSR count). The molecule has 1 aromatic carbocycles. The molecular formula is C11H10N4O2S. The van der Waals surface area contributed by atoms with Crippen LogP contribution < -0.4 is 5.73 Å². The summed E-state index contributed by atoms with van der Waals surface area (Å²) in [5, 5.41) is 11.4. The number of nitro groups is 1. The quantitative estimate of drug-likeness (QED) is 0.298. The largest absolute Gasteiger partial charge is 0.393 e. The lowest BCUT2D eigenvalue weighted by molar-refractivity contribution is -0.383. The van der Waals surface area contributed by atoms with Crippen molar-refractivity contribution in [3.63, 3.8) is 0 Å². The lowest BCUT2D eigenvalue weighted by Gasteiger charge is -2.02. The first-order valence-electron chi connectivity index (χ1n) is 5.09. The van der Waals surface area contributed by atoms with Gasteiger partial charge >= 0.3 is 0 Å². The number of nitro benzene ring substituents is 1. The number of nitrogen functional groups attached to an aromatic ring is 1. The smallest absolute Gasteiger partial charge is 0.292 e. The molecule has 0 amide bonds. The maximum absolute atomic E-state index is 10.7. The van der Waals surface area contributed by atoms with E-state index in [1.165, 1.54) is 17.8 Å². The van der Waals surface area contributed by atoms with E-state index in [1.807, 2.05) is 0 Å². The molecule has 7 heteroatoms. The molecule has 6 nitrogen and oxygen atoms in total. The fourth-order valence-corrected chi connectivity index (χ4v) is 2.09. The van der Waals surface area contributed by atoms with E-state index < -0.39 is 4.92 Å². The maximum Gasteiger partial charge on any atom is 0.292 e. The molecular weight excluding hydrogens is 252 g/mol. The second-order valence-electron chi connectivity index (χ2n) is 3.47. The highest BCUT2D eigenvalue weighted by atomic mass is 32.2. The highest BCUT2D eigenvalue weighted by Crippen LogP contribution is 2.26. The van der Waals surface area contributed by atoms with E-state index >= 15 is 0 Å². The van der Waals surface area contributed by atoms with Gasteiger partial charge in [0.25, 0.3) is 5.69 Å². The Morgan fingerprint density at radius 1 is 1.33 bits per heavy atom. The molecule has 1 heterocycles. The minimum atomic E-state index is -0.484. The van der Waals surface area contributed by atoms with Gasteiger partial charge in [-0.1, -0.05) is 17.8 Å². The van der Waals surface area contributed by atoms with Crippen LogP contribution in [0.5, 0.6) is 0 Å². The van der Waals surface area contributed by atoms with Crippen LogP contribution in [-0.4, -0.2) is 14.9 Å². The normalized spacial score (nSPS) is 10.2. The third-order valence-corrected chi connectivity index (χ3v) is 3.15. The van der Waals surface area contributed by atoms with Crippen LogP contribution in [0.3, 0.4) is 0 Å². The molecule has 0 radical (unpaired) electrons. The molecule has 0 unspecified atom stereocenters. The summed E-state index contributed by atoms with van der Waals surface area (Å²) in [5.41, 5.74) is 6.44. The lowest BCUT2D eigenvalue weighted by Crippen LogP contribution is -1.96. The Kier molecular flexibility index (Phi) is 3.73. The molecule has 0 saturated carbocycles. The standard InChI is InChI=1S/C11H10N4O2S/c12-9-3-2-8(6-10(9)15(16)17)7-18-11-13-4-1-5-14-11/h1-6H,7,12H2. The van der Waals surface area contributed by atoms with Gasteiger partial charge in [0.1, 0.15) is 5.69 Å². The number of aromatic nitrogens is 2. The third kappa shape index (κ3) is 2.95. The zero-order valence-electron chi connectivity index (χ0n) is 9.31. The summed E-state index contributed by atoms with van der Waals surface area (Å²) in [5.74, 6) is 0.561. The summed E-state index contributed by atoms with van der Waals surface area (Å²) in [6.07, 6.45) is 3.31. The Morgan fingerprint density at radius 3 is 2.72 bits per heavy atom. The van der Waals surface area contributed by atoms with Gasteiger partial charge in [0.2, 0.25) is 0 Å². The van der Waals surface area contributed by atoms with Crippen molar-refractivity contribution >= 4 is 23.1 Å². The number of nitrogens with two attached hydrogens (primary N) is 1. The molecule has 0 aliphatic rings. The summed E-state index contributed by atoms with van der Waals surface area (Å²) >= 11 is 1.41. The van der Waals surface area contributed by atoms with Gasteiger partial charge in [-0.2, -0.15) is 0 Å². The minimum Gasteiger partial charge on any atom is -0.393 e. The van der Waals surface area contributed by atoms with Crippen molar-refractivity contribution in [2.24, 2.45) is 0 Å². The summed E-state index contributed by atoms with van der Waals surface area (Å²) in [7, 11) is 0. The first-order valence-corrected chi connectivity index (χ1v) is 6.08. The van der Waals surface area contributed by atoms with Crippen molar-refractivity contribution in [2.45, 2.75) is 10.9 Å². The van der Waals surface area contributed by atoms with Crippen molar-refractivity contribution in [1.82, 2.24) is 9.97 Å². The molecule has 2 aromatic rings. The van der Waals surface area contributed by atoms with Crippen LogP contribution in [0, 0.1) is 10.1 Å². The Hall–Kier alpha value is -2.15. The van der Waals surface area contributed by atoms with E-state index in [4.69, 9.17) is 5.73 Å². The number of thioether (sulfide) groups is 1. The van der Waals surface area contributed by atoms with E-state index in [9.17, 15) is 10.1 Å². The number of hydrogen-bond donors (Lipinski definition) is 1. The number of benzene rings is 1. The summed E-state index contributed by atoms with van der Waals surface area (Å²) in [6.45, 7) is 0. The van der Waals surface area contributed by atoms with E-state index in [0.29, 0.717) is 10.9 Å². The van der Waals surface area contributed by atoms with Gasteiger partial charge in [-0.25, -0.2) is 9.97 Å². The Balaban J connectivity index is 2.11. The summed E-state index contributed by atoms with van der Waals surface area (Å²) in [6, 6.07) is 6.52. The second-order valence-corrected chi connectivity index (χ2v) is 4.41. The Labute approximate surface area is 107 Å². The molecule has 0 saturated heterocycles. The van der Waals surface area contributed by atoms with Gasteiger partial charge in [-0.05, 0) is 17.7 Å². The average Bonchev–Trinajstić information content (AvgIpc) is 2.38. The van der Waals surface area contributed by atoms with Gasteiger partial charge in [0.05, 0.1) is 4.92 Å². The van der Waals surface area contributed by atoms with E-state index in [-0.39, 0.29) is 11.4 Å². The van der Waals surface area contributed by atoms with Gasteiger partial charge in [0.15, 0.2) is 5.16 Å². The fraction of sp³-hybridized carbons (Fsp3) is 0.0909. The second kappa shape index (κ2) is 5.46. The van der Waals surface area contributed by atoms with E-state index in [2.05, 4.69) is 9.97 Å². The number of anilines is 1. The molecule has 0 bridgehead atoms. The molecule has 0 aliphatic carbocycles. The van der Waals surface area contributed by atoms with Crippen LogP contribution >= 0.6 is 11.8 Å². The Morgan fingerprint density at radius 2 is 2.06 bits per heavy atom. The minimum absolute atomic E-state index is 0.0675. The van der Waals surface area contributed by atoms with Crippen LogP contribution in [0.15, 0.2) is 41.8 Å². The number of rotatable bonds is 4. The predicted octanol–water partition coefficient (Wildman–Crippen LogP) is 2.26. The van der Waals surface area contributed by atoms with E-state index in [1.54, 1.807) is 30.6 Å². The highest BCUT2D eigenvalue weighted by Gasteiger charge is 2.12. The third-order valence-electron chi connectivity index (χ3n) is 2.20. The molecule has 0 fully saturated rings. The topological polar surface area (TPSA) is 94.9 Å². The SMILES string of the molecule is Nc1ccc(CSc2ncccn2)cc1[N+](=O)[O-]. The molecule has 2 N–H and O–H groups in total. The fourth-order valence-electron chi connectivity index (χ4n) is 1.34. The summed E-state index contributed by atoms with van der Waals surface area (Å²) < 4.78 is 0. The number of nitrogens with zero attached hydrogens (tertiary/aromatic N) is 3. The van der Waals surface area contributed by atoms with Gasteiger partial charge in [-0.3, -0.25) is 10.1 Å². The zero-order chi connectivity index (χ0) is 13.0. The number of hydrogen-bond acceptors (Lipinski definition) is 6. The zero-order valence-corrected chi connectivity index (χ0v) is 10.1. The Bertz CT molecular complexity index is 562. The van der Waals surface area contributed by atoms with Crippen LogP contribution in [0.1, 0.15) is 5.56 Å². The first-order chi connectivity index (χ1) is 8.66. The van der Waals surface area contributed by atoms with Crippen LogP contribution in [0.2, 0.25) is 0 Å². The van der Waals surface area contributed by atoms with Crippen molar-refractivity contribution in [2.75, 3.05) is 5.73 Å². The van der Waals surface area contributed by atoms with Crippen molar-refractivity contribution in [1.29, 1.82) is 0 Å². The molecule has 0 aliphatic heterocycles. The van der Waals surface area contributed by atoms with Gasteiger partial charge in [-0.15, -0.1) is 0 Å². The molecule has 1 aromatic heterocycles. The predicted molar refractivity (Wildman–Crippen MR) is 69.1 cm³/mol. The van der Waals surface area contributed by atoms with Gasteiger partial charge in [0, 0.05) is 24.2 Å². The van der Waals surface area contributed by atoms with Crippen molar-refractivity contribution in [3.05, 3.63) is 52.3 Å². The molecule has 92 valence electrons. The highest BCUT2D eigenvalue weighted by molar-refractivity contribution is 7.98.